The van der Waals surface area contributed by atoms with Crippen LogP contribution in [0.15, 0.2) is 90.7 Å². The van der Waals surface area contributed by atoms with Crippen molar-refractivity contribution in [1.29, 1.82) is 0 Å². The quantitative estimate of drug-likeness (QED) is 0.327. The van der Waals surface area contributed by atoms with E-state index in [9.17, 15) is 4.79 Å². The van der Waals surface area contributed by atoms with E-state index in [1.54, 1.807) is 24.3 Å². The molecule has 0 N–H and O–H groups in total. The normalized spacial score (nSPS) is 11.0. The van der Waals surface area contributed by atoms with Crippen molar-refractivity contribution < 1.29 is 14.3 Å². The first-order valence-electron chi connectivity index (χ1n) is 8.54. The van der Waals surface area contributed by atoms with Gasteiger partial charge in [0.1, 0.15) is 0 Å². The predicted octanol–water partition coefficient (Wildman–Crippen LogP) is 5.39. The van der Waals surface area contributed by atoms with E-state index < -0.39 is 0 Å². The van der Waals surface area contributed by atoms with Crippen LogP contribution >= 0.6 is 0 Å². The SMILES string of the molecule is CCOc1ccccc1OC(=Cc1ccccc1)C(=O)c1ccccc1. The van der Waals surface area contributed by atoms with Crippen LogP contribution in [0.4, 0.5) is 0 Å². The summed E-state index contributed by atoms with van der Waals surface area (Å²) in [6.07, 6.45) is 1.75. The molecule has 0 atom stereocenters. The maximum Gasteiger partial charge on any atom is 0.228 e. The molecule has 0 heterocycles. The topological polar surface area (TPSA) is 35.5 Å². The van der Waals surface area contributed by atoms with Crippen molar-refractivity contribution in [3.63, 3.8) is 0 Å². The summed E-state index contributed by atoms with van der Waals surface area (Å²) >= 11 is 0. The van der Waals surface area contributed by atoms with E-state index in [-0.39, 0.29) is 11.5 Å². The van der Waals surface area contributed by atoms with Gasteiger partial charge in [-0.2, -0.15) is 0 Å². The molecule has 130 valence electrons. The summed E-state index contributed by atoms with van der Waals surface area (Å²) in [4.78, 5) is 13.0. The molecule has 26 heavy (non-hydrogen) atoms. The minimum atomic E-state index is -0.180. The zero-order valence-electron chi connectivity index (χ0n) is 14.6. The molecule has 3 aromatic carbocycles. The third-order valence-corrected chi connectivity index (χ3v) is 3.73. The van der Waals surface area contributed by atoms with Crippen molar-refractivity contribution >= 4 is 11.9 Å². The first-order chi connectivity index (χ1) is 12.8. The highest BCUT2D eigenvalue weighted by molar-refractivity contribution is 6.10. The van der Waals surface area contributed by atoms with E-state index in [1.807, 2.05) is 73.7 Å². The van der Waals surface area contributed by atoms with E-state index in [2.05, 4.69) is 0 Å². The largest absolute Gasteiger partial charge is 0.490 e. The molecule has 0 aliphatic heterocycles. The number of hydrogen-bond donors (Lipinski definition) is 0. The van der Waals surface area contributed by atoms with Gasteiger partial charge in [-0.25, -0.2) is 0 Å². The molecule has 3 heteroatoms. The van der Waals surface area contributed by atoms with Crippen LogP contribution in [0.1, 0.15) is 22.8 Å². The van der Waals surface area contributed by atoms with Crippen LogP contribution in [0.25, 0.3) is 6.08 Å². The summed E-state index contributed by atoms with van der Waals surface area (Å²) in [6, 6.07) is 26.1. The van der Waals surface area contributed by atoms with Gasteiger partial charge in [0.25, 0.3) is 0 Å². The molecule has 0 unspecified atom stereocenters. The standard InChI is InChI=1S/C23H20O3/c1-2-25-20-15-9-10-16-21(20)26-22(17-18-11-5-3-6-12-18)23(24)19-13-7-4-8-14-19/h3-17H,2H2,1H3. The van der Waals surface area contributed by atoms with Gasteiger partial charge >= 0.3 is 0 Å². The Bertz CT molecular complexity index is 884. The number of Topliss-reactive ketones (excluding diaryl/α,β-unsaturated/α-hetero) is 1. The van der Waals surface area contributed by atoms with Gasteiger partial charge in [-0.05, 0) is 30.7 Å². The smallest absolute Gasteiger partial charge is 0.228 e. The third-order valence-electron chi connectivity index (χ3n) is 3.73. The lowest BCUT2D eigenvalue weighted by Crippen LogP contribution is -2.10. The second-order valence-electron chi connectivity index (χ2n) is 5.60. The van der Waals surface area contributed by atoms with Crippen molar-refractivity contribution in [2.75, 3.05) is 6.61 Å². The van der Waals surface area contributed by atoms with Crippen molar-refractivity contribution in [2.45, 2.75) is 6.92 Å². The number of rotatable bonds is 7. The van der Waals surface area contributed by atoms with Crippen LogP contribution in [-0.2, 0) is 0 Å². The summed E-state index contributed by atoms with van der Waals surface area (Å²) in [5.74, 6) is 1.19. The Hall–Kier alpha value is -3.33. The molecule has 3 aromatic rings. The molecule has 0 fully saturated rings. The van der Waals surface area contributed by atoms with Crippen molar-refractivity contribution in [3.05, 3.63) is 102 Å². The second-order valence-corrected chi connectivity index (χ2v) is 5.60. The highest BCUT2D eigenvalue weighted by atomic mass is 16.5. The Kier molecular flexibility index (Phi) is 5.84. The fourth-order valence-electron chi connectivity index (χ4n) is 2.50. The molecular weight excluding hydrogens is 324 g/mol. The molecule has 0 saturated heterocycles. The van der Waals surface area contributed by atoms with Gasteiger partial charge in [0.05, 0.1) is 6.61 Å². The lowest BCUT2D eigenvalue weighted by Gasteiger charge is -2.13. The molecule has 0 radical (unpaired) electrons. The molecule has 3 nitrogen and oxygen atoms in total. The van der Waals surface area contributed by atoms with Gasteiger partial charge in [0.15, 0.2) is 17.3 Å². The lowest BCUT2D eigenvalue weighted by atomic mass is 10.1. The Morgan fingerprint density at radius 3 is 2.04 bits per heavy atom. The van der Waals surface area contributed by atoms with Crippen LogP contribution in [0, 0.1) is 0 Å². The molecule has 0 amide bonds. The number of carbonyl (C=O) groups excluding carboxylic acids is 1. The first kappa shape index (κ1) is 17.5. The minimum absolute atomic E-state index is 0.180. The highest BCUT2D eigenvalue weighted by Crippen LogP contribution is 2.29. The van der Waals surface area contributed by atoms with Crippen LogP contribution in [0.5, 0.6) is 11.5 Å². The molecule has 3 rings (SSSR count). The van der Waals surface area contributed by atoms with E-state index in [1.165, 1.54) is 0 Å². The summed E-state index contributed by atoms with van der Waals surface area (Å²) < 4.78 is 11.6. The Balaban J connectivity index is 1.99. The molecule has 0 spiro atoms. The summed E-state index contributed by atoms with van der Waals surface area (Å²) in [5.41, 5.74) is 1.46. The molecule has 0 saturated carbocycles. The number of allylic oxidation sites excluding steroid dienone is 1. The van der Waals surface area contributed by atoms with E-state index in [4.69, 9.17) is 9.47 Å². The second kappa shape index (κ2) is 8.67. The van der Waals surface area contributed by atoms with Crippen LogP contribution in [-0.4, -0.2) is 12.4 Å². The number of benzene rings is 3. The van der Waals surface area contributed by atoms with Crippen molar-refractivity contribution in [3.8, 4) is 11.5 Å². The minimum Gasteiger partial charge on any atom is -0.490 e. The Morgan fingerprint density at radius 2 is 1.38 bits per heavy atom. The van der Waals surface area contributed by atoms with Crippen molar-refractivity contribution in [2.24, 2.45) is 0 Å². The fraction of sp³-hybridized carbons (Fsp3) is 0.0870. The van der Waals surface area contributed by atoms with Gasteiger partial charge in [0, 0.05) is 5.56 Å². The van der Waals surface area contributed by atoms with Gasteiger partial charge in [-0.3, -0.25) is 4.79 Å². The Morgan fingerprint density at radius 1 is 0.808 bits per heavy atom. The predicted molar refractivity (Wildman–Crippen MR) is 103 cm³/mol. The molecular formula is C23H20O3. The third kappa shape index (κ3) is 4.39. The zero-order chi connectivity index (χ0) is 18.2. The molecule has 0 bridgehead atoms. The lowest BCUT2D eigenvalue weighted by molar-refractivity contribution is 0.0987. The molecule has 0 aliphatic carbocycles. The molecule has 0 aliphatic rings. The Labute approximate surface area is 153 Å². The average Bonchev–Trinajstić information content (AvgIpc) is 2.70. The van der Waals surface area contributed by atoms with Gasteiger partial charge in [0.2, 0.25) is 5.78 Å². The zero-order valence-corrected chi connectivity index (χ0v) is 14.6. The highest BCUT2D eigenvalue weighted by Gasteiger charge is 2.17. The number of hydrogen-bond acceptors (Lipinski definition) is 3. The van der Waals surface area contributed by atoms with Gasteiger partial charge < -0.3 is 9.47 Å². The van der Waals surface area contributed by atoms with Crippen LogP contribution in [0.2, 0.25) is 0 Å². The van der Waals surface area contributed by atoms with Gasteiger partial charge in [-0.15, -0.1) is 0 Å². The molecule has 0 aromatic heterocycles. The maximum absolute atomic E-state index is 13.0. The summed E-state index contributed by atoms with van der Waals surface area (Å²) in [7, 11) is 0. The average molecular weight is 344 g/mol. The van der Waals surface area contributed by atoms with E-state index in [0.717, 1.165) is 5.56 Å². The number of ketones is 1. The summed E-state index contributed by atoms with van der Waals surface area (Å²) in [6.45, 7) is 2.43. The van der Waals surface area contributed by atoms with E-state index >= 15 is 0 Å². The van der Waals surface area contributed by atoms with Gasteiger partial charge in [-0.1, -0.05) is 72.8 Å². The van der Waals surface area contributed by atoms with Crippen LogP contribution < -0.4 is 9.47 Å². The first-order valence-corrected chi connectivity index (χ1v) is 8.54. The van der Waals surface area contributed by atoms with Crippen LogP contribution in [0.3, 0.4) is 0 Å². The summed E-state index contributed by atoms with van der Waals surface area (Å²) in [5, 5.41) is 0. The number of ether oxygens (including phenoxy) is 2. The number of para-hydroxylation sites is 2. The van der Waals surface area contributed by atoms with E-state index in [0.29, 0.717) is 23.7 Å². The monoisotopic (exact) mass is 344 g/mol. The fourth-order valence-corrected chi connectivity index (χ4v) is 2.50. The maximum atomic E-state index is 13.0. The van der Waals surface area contributed by atoms with Crippen molar-refractivity contribution in [1.82, 2.24) is 0 Å². The number of carbonyl (C=O) groups is 1.